The van der Waals surface area contributed by atoms with E-state index in [4.69, 9.17) is 38.3 Å². The molecule has 8 nitrogen and oxygen atoms in total. The quantitative estimate of drug-likeness (QED) is 0.189. The second-order valence-corrected chi connectivity index (χ2v) is 5.53. The van der Waals surface area contributed by atoms with Gasteiger partial charge in [-0.05, 0) is 12.2 Å². The first-order chi connectivity index (χ1) is 12.9. The molecule has 0 radical (unpaired) electrons. The monoisotopic (exact) mass is 400 g/mol. The van der Waals surface area contributed by atoms with Crippen molar-refractivity contribution in [3.63, 3.8) is 0 Å². The summed E-state index contributed by atoms with van der Waals surface area (Å²) in [6, 6.07) is 0. The predicted molar refractivity (Wildman–Crippen MR) is 101 cm³/mol. The molecule has 0 amide bonds. The topological polar surface area (TPSA) is 84.8 Å². The van der Waals surface area contributed by atoms with Gasteiger partial charge in [0.25, 0.3) is 0 Å². The number of thiol groups is 1. The second kappa shape index (κ2) is 25.0. The molecule has 0 aromatic heterocycles. The number of aliphatic hydroxyl groups is 1. The van der Waals surface area contributed by atoms with Gasteiger partial charge in [-0.25, -0.2) is 0 Å². The van der Waals surface area contributed by atoms with Gasteiger partial charge < -0.3 is 38.3 Å². The number of hydrogen-bond acceptors (Lipinski definition) is 9. The van der Waals surface area contributed by atoms with Crippen LogP contribution in [0, 0.1) is 0 Å². The van der Waals surface area contributed by atoms with Crippen molar-refractivity contribution in [2.24, 2.45) is 0 Å². The van der Waals surface area contributed by atoms with Gasteiger partial charge in [-0.15, -0.1) is 0 Å². The van der Waals surface area contributed by atoms with E-state index in [1.165, 1.54) is 0 Å². The van der Waals surface area contributed by atoms with Crippen LogP contribution < -0.4 is 0 Å². The van der Waals surface area contributed by atoms with E-state index >= 15 is 0 Å². The molecule has 1 N–H and O–H groups in total. The van der Waals surface area contributed by atoms with Crippen LogP contribution in [0.15, 0.2) is 0 Å². The van der Waals surface area contributed by atoms with Crippen LogP contribution in [0.25, 0.3) is 0 Å². The summed E-state index contributed by atoms with van der Waals surface area (Å²) in [6.45, 7) is 7.59. The van der Waals surface area contributed by atoms with E-state index in [-0.39, 0.29) is 6.61 Å². The molecule has 158 valence electrons. The van der Waals surface area contributed by atoms with Gasteiger partial charge in [-0.2, -0.15) is 12.6 Å². The Morgan fingerprint density at radius 3 is 0.962 bits per heavy atom. The van der Waals surface area contributed by atoms with E-state index in [0.29, 0.717) is 85.9 Å². The Bertz CT molecular complexity index is 225. The lowest BCUT2D eigenvalue weighted by Crippen LogP contribution is -2.14. The fourth-order valence-corrected chi connectivity index (χ4v) is 1.78. The molecule has 0 spiro atoms. The van der Waals surface area contributed by atoms with E-state index in [1.54, 1.807) is 0 Å². The molecule has 0 bridgehead atoms. The third kappa shape index (κ3) is 24.0. The summed E-state index contributed by atoms with van der Waals surface area (Å²) in [4.78, 5) is 0. The summed E-state index contributed by atoms with van der Waals surface area (Å²) in [5.74, 6) is 0.847. The van der Waals surface area contributed by atoms with Crippen LogP contribution in [0.1, 0.15) is 6.42 Å². The highest BCUT2D eigenvalue weighted by molar-refractivity contribution is 7.80. The minimum absolute atomic E-state index is 0.0363. The molecule has 0 atom stereocenters. The van der Waals surface area contributed by atoms with Crippen molar-refractivity contribution in [1.82, 2.24) is 0 Å². The van der Waals surface area contributed by atoms with E-state index in [9.17, 15) is 0 Å². The fourth-order valence-electron chi connectivity index (χ4n) is 1.65. The highest BCUT2D eigenvalue weighted by atomic mass is 32.1. The van der Waals surface area contributed by atoms with Gasteiger partial charge in [-0.3, -0.25) is 0 Å². The largest absolute Gasteiger partial charge is 0.394 e. The molecule has 0 aromatic rings. The Hall–Kier alpha value is 0.0300. The SMILES string of the molecule is OCCOCCOCCOCCOCCOCCOCCOCCCS. The molecular weight excluding hydrogens is 364 g/mol. The maximum absolute atomic E-state index is 8.51. The van der Waals surface area contributed by atoms with Crippen LogP contribution >= 0.6 is 12.6 Å². The zero-order chi connectivity index (χ0) is 19.0. The van der Waals surface area contributed by atoms with Crippen LogP contribution in [-0.2, 0) is 33.2 Å². The summed E-state index contributed by atoms with van der Waals surface area (Å²) in [5, 5.41) is 8.51. The Morgan fingerprint density at radius 2 is 0.692 bits per heavy atom. The van der Waals surface area contributed by atoms with E-state index in [1.807, 2.05) is 0 Å². The number of aliphatic hydroxyl groups excluding tert-OH is 1. The number of ether oxygens (including phenoxy) is 7. The van der Waals surface area contributed by atoms with Gasteiger partial charge in [0.05, 0.1) is 92.5 Å². The third-order valence-electron chi connectivity index (χ3n) is 2.91. The first-order valence-electron chi connectivity index (χ1n) is 9.17. The summed E-state index contributed by atoms with van der Waals surface area (Å²) in [7, 11) is 0. The Morgan fingerprint density at radius 1 is 0.423 bits per heavy atom. The molecule has 0 aliphatic rings. The normalized spacial score (nSPS) is 11.3. The molecule has 9 heteroatoms. The van der Waals surface area contributed by atoms with Crippen LogP contribution in [0.4, 0.5) is 0 Å². The lowest BCUT2D eigenvalue weighted by molar-refractivity contribution is -0.0214. The molecule has 0 heterocycles. The lowest BCUT2D eigenvalue weighted by atomic mass is 10.5. The standard InChI is InChI=1S/C17H36O8S/c18-2-4-20-6-8-22-10-12-24-14-16-25-15-13-23-11-9-21-7-5-19-3-1-17-26/h18,26H,1-17H2. The van der Waals surface area contributed by atoms with Crippen molar-refractivity contribution in [2.45, 2.75) is 6.42 Å². The maximum atomic E-state index is 8.51. The summed E-state index contributed by atoms with van der Waals surface area (Å²) < 4.78 is 37.2. The van der Waals surface area contributed by atoms with E-state index in [2.05, 4.69) is 12.6 Å². The summed E-state index contributed by atoms with van der Waals surface area (Å²) >= 11 is 4.11. The summed E-state index contributed by atoms with van der Waals surface area (Å²) in [6.07, 6.45) is 0.965. The molecule has 0 aliphatic carbocycles. The minimum Gasteiger partial charge on any atom is -0.394 e. The lowest BCUT2D eigenvalue weighted by Gasteiger charge is -2.08. The molecular formula is C17H36O8S. The van der Waals surface area contributed by atoms with Crippen molar-refractivity contribution in [3.05, 3.63) is 0 Å². The average Bonchev–Trinajstić information content (AvgIpc) is 2.66. The van der Waals surface area contributed by atoms with Gasteiger partial charge in [0.15, 0.2) is 0 Å². The van der Waals surface area contributed by atoms with E-state index in [0.717, 1.165) is 18.8 Å². The minimum atomic E-state index is 0.0363. The molecule has 0 unspecified atom stereocenters. The van der Waals surface area contributed by atoms with Crippen molar-refractivity contribution in [3.8, 4) is 0 Å². The van der Waals surface area contributed by atoms with Crippen LogP contribution in [0.3, 0.4) is 0 Å². The third-order valence-corrected chi connectivity index (χ3v) is 3.23. The first-order valence-corrected chi connectivity index (χ1v) is 9.81. The van der Waals surface area contributed by atoms with Crippen LogP contribution in [0.5, 0.6) is 0 Å². The zero-order valence-electron chi connectivity index (χ0n) is 15.8. The fraction of sp³-hybridized carbons (Fsp3) is 1.00. The Kier molecular flexibility index (Phi) is 25.1. The van der Waals surface area contributed by atoms with Crippen LogP contribution in [-0.4, -0.2) is 110 Å². The Labute approximate surface area is 162 Å². The predicted octanol–water partition coefficient (Wildman–Crippen LogP) is 0.415. The zero-order valence-corrected chi connectivity index (χ0v) is 16.7. The van der Waals surface area contributed by atoms with E-state index < -0.39 is 0 Å². The van der Waals surface area contributed by atoms with Crippen molar-refractivity contribution in [2.75, 3.05) is 105 Å². The molecule has 0 aromatic carbocycles. The Balaban J connectivity index is 2.95. The molecule has 26 heavy (non-hydrogen) atoms. The molecule has 0 aliphatic heterocycles. The van der Waals surface area contributed by atoms with Crippen molar-refractivity contribution in [1.29, 1.82) is 0 Å². The first kappa shape index (κ1) is 26.0. The smallest absolute Gasteiger partial charge is 0.0701 e. The van der Waals surface area contributed by atoms with Gasteiger partial charge in [-0.1, -0.05) is 0 Å². The van der Waals surface area contributed by atoms with Gasteiger partial charge in [0.1, 0.15) is 0 Å². The number of hydrogen-bond donors (Lipinski definition) is 2. The van der Waals surface area contributed by atoms with Gasteiger partial charge in [0, 0.05) is 6.61 Å². The molecule has 0 fully saturated rings. The second-order valence-electron chi connectivity index (χ2n) is 5.09. The van der Waals surface area contributed by atoms with Crippen molar-refractivity contribution >= 4 is 12.6 Å². The van der Waals surface area contributed by atoms with Gasteiger partial charge >= 0.3 is 0 Å². The average molecular weight is 401 g/mol. The molecule has 0 saturated heterocycles. The maximum Gasteiger partial charge on any atom is 0.0701 e. The highest BCUT2D eigenvalue weighted by Crippen LogP contribution is 1.87. The highest BCUT2D eigenvalue weighted by Gasteiger charge is 1.94. The van der Waals surface area contributed by atoms with Gasteiger partial charge in [0.2, 0.25) is 0 Å². The number of rotatable bonds is 23. The van der Waals surface area contributed by atoms with Crippen molar-refractivity contribution < 1.29 is 38.3 Å². The molecule has 0 rings (SSSR count). The summed E-state index contributed by atoms with van der Waals surface area (Å²) in [5.41, 5.74) is 0. The molecule has 0 saturated carbocycles. The van der Waals surface area contributed by atoms with Crippen LogP contribution in [0.2, 0.25) is 0 Å².